The van der Waals surface area contributed by atoms with E-state index in [1.54, 1.807) is 17.7 Å². The summed E-state index contributed by atoms with van der Waals surface area (Å²) in [5.74, 6) is 0.794. The Balaban J connectivity index is 1.55. The Labute approximate surface area is 172 Å². The first kappa shape index (κ1) is 17.6. The van der Waals surface area contributed by atoms with Crippen LogP contribution in [0.3, 0.4) is 0 Å². The number of nitrogens with zero attached hydrogens (tertiary/aromatic N) is 4. The minimum atomic E-state index is 0.794. The van der Waals surface area contributed by atoms with Gasteiger partial charge in [-0.2, -0.15) is 11.3 Å². The van der Waals surface area contributed by atoms with Gasteiger partial charge in [-0.1, -0.05) is 18.2 Å². The van der Waals surface area contributed by atoms with Gasteiger partial charge in [-0.05, 0) is 60.5 Å². The van der Waals surface area contributed by atoms with Gasteiger partial charge in [-0.15, -0.1) is 0 Å². The molecule has 0 amide bonds. The number of hydrogen-bond donors (Lipinski definition) is 1. The Morgan fingerprint density at radius 3 is 2.66 bits per heavy atom. The first-order valence-corrected chi connectivity index (χ1v) is 10.3. The molecule has 0 saturated carbocycles. The van der Waals surface area contributed by atoms with E-state index in [1.165, 1.54) is 5.56 Å². The first-order chi connectivity index (χ1) is 14.2. The Hall–Kier alpha value is -3.51. The van der Waals surface area contributed by atoms with Crippen molar-refractivity contribution in [3.63, 3.8) is 0 Å². The SMILES string of the molecule is Cc1ncn(-c2cccc(Nc3ncnc4c(-c5ccsc5)cccc34)c2)c1C. The molecule has 142 valence electrons. The lowest BCUT2D eigenvalue weighted by atomic mass is 10.1. The van der Waals surface area contributed by atoms with Crippen molar-refractivity contribution in [1.82, 2.24) is 19.5 Å². The van der Waals surface area contributed by atoms with E-state index in [0.29, 0.717) is 0 Å². The summed E-state index contributed by atoms with van der Waals surface area (Å²) < 4.78 is 2.09. The van der Waals surface area contributed by atoms with Gasteiger partial charge in [0, 0.05) is 28.0 Å². The van der Waals surface area contributed by atoms with Crippen LogP contribution in [0.4, 0.5) is 11.5 Å². The monoisotopic (exact) mass is 397 g/mol. The van der Waals surface area contributed by atoms with Crippen molar-refractivity contribution in [3.8, 4) is 16.8 Å². The lowest BCUT2D eigenvalue weighted by Crippen LogP contribution is -1.99. The fraction of sp³-hybridized carbons (Fsp3) is 0.0870. The van der Waals surface area contributed by atoms with Crippen LogP contribution in [-0.2, 0) is 0 Å². The molecule has 3 aromatic heterocycles. The molecule has 29 heavy (non-hydrogen) atoms. The molecule has 0 atom stereocenters. The minimum absolute atomic E-state index is 0.794. The van der Waals surface area contributed by atoms with E-state index in [-0.39, 0.29) is 0 Å². The van der Waals surface area contributed by atoms with Gasteiger partial charge in [0.05, 0.1) is 17.5 Å². The van der Waals surface area contributed by atoms with E-state index in [9.17, 15) is 0 Å². The highest BCUT2D eigenvalue weighted by Gasteiger charge is 2.11. The fourth-order valence-corrected chi connectivity index (χ4v) is 4.12. The molecule has 0 fully saturated rings. The van der Waals surface area contributed by atoms with E-state index in [0.717, 1.165) is 45.0 Å². The molecule has 2 aromatic carbocycles. The molecule has 5 aromatic rings. The maximum atomic E-state index is 4.56. The van der Waals surface area contributed by atoms with Crippen molar-refractivity contribution in [2.75, 3.05) is 5.32 Å². The van der Waals surface area contributed by atoms with Crippen LogP contribution in [0.1, 0.15) is 11.4 Å². The number of benzene rings is 2. The molecule has 5 rings (SSSR count). The maximum absolute atomic E-state index is 4.56. The zero-order chi connectivity index (χ0) is 19.8. The molecule has 1 N–H and O–H groups in total. The molecule has 0 saturated heterocycles. The van der Waals surface area contributed by atoms with Gasteiger partial charge in [0.2, 0.25) is 0 Å². The number of anilines is 2. The molecule has 0 unspecified atom stereocenters. The average molecular weight is 398 g/mol. The molecule has 0 spiro atoms. The van der Waals surface area contributed by atoms with Crippen LogP contribution < -0.4 is 5.32 Å². The topological polar surface area (TPSA) is 55.6 Å². The molecular weight excluding hydrogens is 378 g/mol. The number of aromatic nitrogens is 4. The predicted octanol–water partition coefficient (Wildman–Crippen LogP) is 5.90. The van der Waals surface area contributed by atoms with Crippen LogP contribution in [0.2, 0.25) is 0 Å². The van der Waals surface area contributed by atoms with Gasteiger partial charge in [-0.25, -0.2) is 15.0 Å². The zero-order valence-electron chi connectivity index (χ0n) is 16.1. The highest BCUT2D eigenvalue weighted by atomic mass is 32.1. The summed E-state index contributed by atoms with van der Waals surface area (Å²) in [5.41, 5.74) is 7.44. The van der Waals surface area contributed by atoms with Crippen LogP contribution in [0.5, 0.6) is 0 Å². The summed E-state index contributed by atoms with van der Waals surface area (Å²) in [6, 6.07) is 16.6. The average Bonchev–Trinajstić information content (AvgIpc) is 3.39. The molecule has 0 aliphatic heterocycles. The number of fused-ring (bicyclic) bond motifs is 1. The van der Waals surface area contributed by atoms with E-state index >= 15 is 0 Å². The molecule has 6 heteroatoms. The number of hydrogen-bond acceptors (Lipinski definition) is 5. The second-order valence-electron chi connectivity index (χ2n) is 6.90. The van der Waals surface area contributed by atoms with E-state index in [1.807, 2.05) is 25.4 Å². The molecule has 5 nitrogen and oxygen atoms in total. The second kappa shape index (κ2) is 7.14. The summed E-state index contributed by atoms with van der Waals surface area (Å²) in [6.45, 7) is 4.10. The highest BCUT2D eigenvalue weighted by Crippen LogP contribution is 2.32. The van der Waals surface area contributed by atoms with E-state index < -0.39 is 0 Å². The van der Waals surface area contributed by atoms with Gasteiger partial charge >= 0.3 is 0 Å². The van der Waals surface area contributed by atoms with Crippen molar-refractivity contribution in [3.05, 3.63) is 83.3 Å². The number of thiophene rings is 1. The molecule has 0 bridgehead atoms. The van der Waals surface area contributed by atoms with E-state index in [4.69, 9.17) is 0 Å². The number of aryl methyl sites for hydroxylation is 1. The summed E-state index contributed by atoms with van der Waals surface area (Å²) in [6.07, 6.45) is 3.48. The van der Waals surface area contributed by atoms with E-state index in [2.05, 4.69) is 78.9 Å². The Kier molecular flexibility index (Phi) is 4.33. The molecule has 3 heterocycles. The van der Waals surface area contributed by atoms with Gasteiger partial charge in [-0.3, -0.25) is 0 Å². The van der Waals surface area contributed by atoms with Crippen LogP contribution in [0, 0.1) is 13.8 Å². The van der Waals surface area contributed by atoms with Gasteiger partial charge in [0.25, 0.3) is 0 Å². The van der Waals surface area contributed by atoms with Gasteiger partial charge in [0.15, 0.2) is 0 Å². The van der Waals surface area contributed by atoms with Crippen molar-refractivity contribution < 1.29 is 0 Å². The summed E-state index contributed by atoms with van der Waals surface area (Å²) >= 11 is 1.69. The van der Waals surface area contributed by atoms with Gasteiger partial charge in [0.1, 0.15) is 12.1 Å². The van der Waals surface area contributed by atoms with Crippen LogP contribution in [0.15, 0.2) is 71.9 Å². The lowest BCUT2D eigenvalue weighted by molar-refractivity contribution is 1.00. The molecule has 0 radical (unpaired) electrons. The second-order valence-corrected chi connectivity index (χ2v) is 7.68. The number of para-hydroxylation sites is 1. The molecular formula is C23H19N5S. The van der Waals surface area contributed by atoms with Crippen LogP contribution in [-0.4, -0.2) is 19.5 Å². The molecule has 0 aliphatic carbocycles. The van der Waals surface area contributed by atoms with Crippen molar-refractivity contribution >= 4 is 33.7 Å². The number of imidazole rings is 1. The first-order valence-electron chi connectivity index (χ1n) is 9.35. The quantitative estimate of drug-likeness (QED) is 0.410. The highest BCUT2D eigenvalue weighted by molar-refractivity contribution is 7.08. The van der Waals surface area contributed by atoms with Gasteiger partial charge < -0.3 is 9.88 Å². The Bertz CT molecular complexity index is 1300. The maximum Gasteiger partial charge on any atom is 0.141 e. The van der Waals surface area contributed by atoms with Crippen molar-refractivity contribution in [1.29, 1.82) is 0 Å². The number of rotatable bonds is 4. The standard InChI is InChI=1S/C23H19N5S/c1-15-16(2)28(14-26-15)19-6-3-5-18(11-19)27-23-21-8-4-7-20(17-9-10-29-12-17)22(21)24-13-25-23/h3-14H,1-2H3,(H,24,25,27). The van der Waals surface area contributed by atoms with Crippen LogP contribution in [0.25, 0.3) is 27.7 Å². The lowest BCUT2D eigenvalue weighted by Gasteiger charge is -2.12. The Morgan fingerprint density at radius 1 is 0.966 bits per heavy atom. The van der Waals surface area contributed by atoms with Crippen LogP contribution >= 0.6 is 11.3 Å². The Morgan fingerprint density at radius 2 is 1.86 bits per heavy atom. The van der Waals surface area contributed by atoms with Crippen molar-refractivity contribution in [2.45, 2.75) is 13.8 Å². The predicted molar refractivity (Wildman–Crippen MR) is 119 cm³/mol. The van der Waals surface area contributed by atoms with Crippen molar-refractivity contribution in [2.24, 2.45) is 0 Å². The third-order valence-corrected chi connectivity index (χ3v) is 5.82. The third-order valence-electron chi connectivity index (χ3n) is 5.14. The third kappa shape index (κ3) is 3.17. The fourth-order valence-electron chi connectivity index (χ4n) is 3.47. The zero-order valence-corrected chi connectivity index (χ0v) is 16.9. The molecule has 0 aliphatic rings. The summed E-state index contributed by atoms with van der Waals surface area (Å²) in [4.78, 5) is 13.5. The summed E-state index contributed by atoms with van der Waals surface area (Å²) in [7, 11) is 0. The minimum Gasteiger partial charge on any atom is -0.340 e. The largest absolute Gasteiger partial charge is 0.340 e. The normalized spacial score (nSPS) is 11.1. The summed E-state index contributed by atoms with van der Waals surface area (Å²) in [5, 5.41) is 8.70. The smallest absolute Gasteiger partial charge is 0.141 e. The number of nitrogens with one attached hydrogen (secondary N) is 1.